The SMILES string of the molecule is Cc1cccc(C)c1NC(=O)CN(C)C(=O)c1ccc[nH]c1=O. The van der Waals surface area contributed by atoms with Crippen LogP contribution in [0, 0.1) is 13.8 Å². The minimum Gasteiger partial charge on any atom is -0.332 e. The number of H-pyrrole nitrogens is 1. The third-order valence-corrected chi connectivity index (χ3v) is 3.52. The summed E-state index contributed by atoms with van der Waals surface area (Å²) < 4.78 is 0. The van der Waals surface area contributed by atoms with Gasteiger partial charge in [0.05, 0.1) is 6.54 Å². The highest BCUT2D eigenvalue weighted by Crippen LogP contribution is 2.19. The van der Waals surface area contributed by atoms with Gasteiger partial charge in [-0.05, 0) is 37.1 Å². The topological polar surface area (TPSA) is 82.3 Å². The van der Waals surface area contributed by atoms with Crippen LogP contribution in [-0.4, -0.2) is 35.3 Å². The molecule has 6 nitrogen and oxygen atoms in total. The third-order valence-electron chi connectivity index (χ3n) is 3.52. The number of aryl methyl sites for hydroxylation is 2. The molecule has 0 aliphatic carbocycles. The van der Waals surface area contributed by atoms with Gasteiger partial charge in [-0.2, -0.15) is 0 Å². The molecule has 0 fully saturated rings. The number of aromatic amines is 1. The van der Waals surface area contributed by atoms with Gasteiger partial charge in [0.2, 0.25) is 5.91 Å². The summed E-state index contributed by atoms with van der Waals surface area (Å²) in [6.07, 6.45) is 1.45. The second-order valence-corrected chi connectivity index (χ2v) is 5.39. The van der Waals surface area contributed by atoms with E-state index in [4.69, 9.17) is 0 Å². The van der Waals surface area contributed by atoms with Gasteiger partial charge in [-0.1, -0.05) is 18.2 Å². The summed E-state index contributed by atoms with van der Waals surface area (Å²) in [5.74, 6) is -0.811. The molecule has 1 aromatic heterocycles. The maximum Gasteiger partial charge on any atom is 0.260 e. The highest BCUT2D eigenvalue weighted by molar-refractivity contribution is 5.99. The summed E-state index contributed by atoms with van der Waals surface area (Å²) in [5.41, 5.74) is 2.18. The van der Waals surface area contributed by atoms with E-state index in [0.717, 1.165) is 16.8 Å². The number of hydrogen-bond donors (Lipinski definition) is 2. The molecule has 0 saturated carbocycles. The molecule has 0 radical (unpaired) electrons. The molecular formula is C17H19N3O3. The van der Waals surface area contributed by atoms with E-state index in [1.165, 1.54) is 24.2 Å². The van der Waals surface area contributed by atoms with Crippen molar-refractivity contribution in [2.45, 2.75) is 13.8 Å². The Morgan fingerprint density at radius 1 is 1.13 bits per heavy atom. The van der Waals surface area contributed by atoms with Crippen molar-refractivity contribution in [3.05, 3.63) is 63.6 Å². The Bertz CT molecular complexity index is 775. The van der Waals surface area contributed by atoms with Gasteiger partial charge < -0.3 is 15.2 Å². The number of pyridine rings is 1. The van der Waals surface area contributed by atoms with Crippen molar-refractivity contribution in [3.8, 4) is 0 Å². The lowest BCUT2D eigenvalue weighted by Crippen LogP contribution is -2.37. The van der Waals surface area contributed by atoms with Crippen LogP contribution < -0.4 is 10.9 Å². The Labute approximate surface area is 134 Å². The Balaban J connectivity index is 2.07. The highest BCUT2D eigenvalue weighted by Gasteiger charge is 2.18. The van der Waals surface area contributed by atoms with Gasteiger partial charge in [-0.25, -0.2) is 0 Å². The van der Waals surface area contributed by atoms with Crippen LogP contribution in [0.25, 0.3) is 0 Å². The number of benzene rings is 1. The molecule has 1 aromatic carbocycles. The van der Waals surface area contributed by atoms with Gasteiger partial charge in [0, 0.05) is 18.9 Å². The van der Waals surface area contributed by atoms with Gasteiger partial charge in [0.15, 0.2) is 0 Å². The van der Waals surface area contributed by atoms with Crippen LogP contribution in [0.15, 0.2) is 41.3 Å². The number of likely N-dealkylation sites (N-methyl/N-ethyl adjacent to an activating group) is 1. The molecule has 0 atom stereocenters. The van der Waals surface area contributed by atoms with Crippen molar-refractivity contribution < 1.29 is 9.59 Å². The molecule has 0 aliphatic heterocycles. The molecule has 2 aromatic rings. The normalized spacial score (nSPS) is 10.2. The maximum absolute atomic E-state index is 12.2. The van der Waals surface area contributed by atoms with Crippen LogP contribution in [0.2, 0.25) is 0 Å². The Morgan fingerprint density at radius 2 is 1.78 bits per heavy atom. The first kappa shape index (κ1) is 16.5. The number of amides is 2. The number of carbonyl (C=O) groups excluding carboxylic acids is 2. The summed E-state index contributed by atoms with van der Waals surface area (Å²) in [5, 5.41) is 2.81. The molecule has 0 unspecified atom stereocenters. The Morgan fingerprint density at radius 3 is 2.39 bits per heavy atom. The predicted octanol–water partition coefficient (Wildman–Crippen LogP) is 1.70. The van der Waals surface area contributed by atoms with Crippen LogP contribution in [0.4, 0.5) is 5.69 Å². The molecule has 2 rings (SSSR count). The first-order valence-corrected chi connectivity index (χ1v) is 7.19. The fourth-order valence-electron chi connectivity index (χ4n) is 2.27. The molecule has 23 heavy (non-hydrogen) atoms. The van der Waals surface area contributed by atoms with Crippen LogP contribution in [-0.2, 0) is 4.79 Å². The van der Waals surface area contributed by atoms with Gasteiger partial charge >= 0.3 is 0 Å². The summed E-state index contributed by atoms with van der Waals surface area (Å²) in [6.45, 7) is 3.67. The van der Waals surface area contributed by atoms with E-state index in [1.54, 1.807) is 6.07 Å². The lowest BCUT2D eigenvalue weighted by atomic mass is 10.1. The fraction of sp³-hybridized carbons (Fsp3) is 0.235. The molecule has 2 amide bonds. The van der Waals surface area contributed by atoms with Crippen LogP contribution in [0.1, 0.15) is 21.5 Å². The molecule has 2 N–H and O–H groups in total. The van der Waals surface area contributed by atoms with Crippen molar-refractivity contribution in [3.63, 3.8) is 0 Å². The quantitative estimate of drug-likeness (QED) is 0.901. The van der Waals surface area contributed by atoms with Gasteiger partial charge in [0.1, 0.15) is 5.56 Å². The highest BCUT2D eigenvalue weighted by atomic mass is 16.2. The molecule has 0 saturated heterocycles. The summed E-state index contributed by atoms with van der Waals surface area (Å²) in [4.78, 5) is 39.7. The smallest absolute Gasteiger partial charge is 0.260 e. The van der Waals surface area contributed by atoms with E-state index in [0.29, 0.717) is 0 Å². The second kappa shape index (κ2) is 6.91. The number of aromatic nitrogens is 1. The van der Waals surface area contributed by atoms with Crippen molar-refractivity contribution in [1.29, 1.82) is 0 Å². The van der Waals surface area contributed by atoms with Crippen molar-refractivity contribution in [2.24, 2.45) is 0 Å². The molecular weight excluding hydrogens is 294 g/mol. The number of anilines is 1. The molecule has 0 aliphatic rings. The van der Waals surface area contributed by atoms with E-state index in [9.17, 15) is 14.4 Å². The zero-order chi connectivity index (χ0) is 17.0. The average molecular weight is 313 g/mol. The number of carbonyl (C=O) groups is 2. The summed E-state index contributed by atoms with van der Waals surface area (Å²) in [7, 11) is 1.49. The van der Waals surface area contributed by atoms with Crippen LogP contribution in [0.5, 0.6) is 0 Å². The number of nitrogens with one attached hydrogen (secondary N) is 2. The zero-order valence-corrected chi connectivity index (χ0v) is 13.3. The van der Waals surface area contributed by atoms with E-state index in [-0.39, 0.29) is 18.0 Å². The van der Waals surface area contributed by atoms with Crippen LogP contribution >= 0.6 is 0 Å². The van der Waals surface area contributed by atoms with Crippen molar-refractivity contribution in [2.75, 3.05) is 18.9 Å². The van der Waals surface area contributed by atoms with Gasteiger partial charge in [-0.15, -0.1) is 0 Å². The van der Waals surface area contributed by atoms with E-state index in [2.05, 4.69) is 10.3 Å². The Kier molecular flexibility index (Phi) is 4.95. The molecule has 6 heteroatoms. The molecule has 0 spiro atoms. The first-order chi connectivity index (χ1) is 10.9. The van der Waals surface area contributed by atoms with E-state index in [1.807, 2.05) is 32.0 Å². The largest absolute Gasteiger partial charge is 0.332 e. The van der Waals surface area contributed by atoms with Crippen LogP contribution in [0.3, 0.4) is 0 Å². The number of nitrogens with zero attached hydrogens (tertiary/aromatic N) is 1. The molecule has 0 bridgehead atoms. The van der Waals surface area contributed by atoms with Crippen molar-refractivity contribution >= 4 is 17.5 Å². The molecule has 1 heterocycles. The standard InChI is InChI=1S/C17H19N3O3/c1-11-6-4-7-12(2)15(11)19-14(21)10-20(3)17(23)13-8-5-9-18-16(13)22/h4-9H,10H2,1-3H3,(H,18,22)(H,19,21). The predicted molar refractivity (Wildman–Crippen MR) is 88.6 cm³/mol. The van der Waals surface area contributed by atoms with Crippen molar-refractivity contribution in [1.82, 2.24) is 9.88 Å². The Hall–Kier alpha value is -2.89. The number of rotatable bonds is 4. The summed E-state index contributed by atoms with van der Waals surface area (Å²) in [6, 6.07) is 8.72. The first-order valence-electron chi connectivity index (χ1n) is 7.19. The third kappa shape index (κ3) is 3.85. The lowest BCUT2D eigenvalue weighted by Gasteiger charge is -2.17. The van der Waals surface area contributed by atoms with E-state index < -0.39 is 11.5 Å². The van der Waals surface area contributed by atoms with E-state index >= 15 is 0 Å². The minimum atomic E-state index is -0.497. The average Bonchev–Trinajstić information content (AvgIpc) is 2.51. The number of hydrogen-bond acceptors (Lipinski definition) is 3. The molecule has 120 valence electrons. The maximum atomic E-state index is 12.2. The lowest BCUT2D eigenvalue weighted by molar-refractivity contribution is -0.116. The number of para-hydroxylation sites is 1. The van der Waals surface area contributed by atoms with Gasteiger partial charge in [0.25, 0.3) is 11.5 Å². The zero-order valence-electron chi connectivity index (χ0n) is 13.3. The van der Waals surface area contributed by atoms with Gasteiger partial charge in [-0.3, -0.25) is 14.4 Å². The fourth-order valence-corrected chi connectivity index (χ4v) is 2.27. The summed E-state index contributed by atoms with van der Waals surface area (Å²) >= 11 is 0. The monoisotopic (exact) mass is 313 g/mol. The minimum absolute atomic E-state index is 0.00914. The second-order valence-electron chi connectivity index (χ2n) is 5.39.